The van der Waals surface area contributed by atoms with Crippen LogP contribution in [0.3, 0.4) is 0 Å². The molecule has 0 radical (unpaired) electrons. The van der Waals surface area contributed by atoms with Crippen LogP contribution in [0.1, 0.15) is 35.5 Å². The maximum Gasteiger partial charge on any atom is 0.185 e. The number of carbonyl (C=O) groups excluding carboxylic acids is 1. The number of fused-ring (bicyclic) bond motifs is 3. The third kappa shape index (κ3) is 3.29. The molecule has 0 unspecified atom stereocenters. The van der Waals surface area contributed by atoms with Crippen molar-refractivity contribution in [1.29, 1.82) is 0 Å². The Morgan fingerprint density at radius 1 is 1.21 bits per heavy atom. The number of amidine groups is 1. The number of carbonyl (C=O) groups is 1. The van der Waals surface area contributed by atoms with Crippen LogP contribution in [-0.2, 0) is 26.5 Å². The molecule has 180 valence electrons. The van der Waals surface area contributed by atoms with Crippen LogP contribution >= 0.6 is 0 Å². The molecule has 1 aromatic heterocycles. The highest BCUT2D eigenvalue weighted by Crippen LogP contribution is 2.45. The van der Waals surface area contributed by atoms with Gasteiger partial charge in [0, 0.05) is 18.1 Å². The second kappa shape index (κ2) is 7.74. The Labute approximate surface area is 196 Å². The van der Waals surface area contributed by atoms with E-state index >= 15 is 4.39 Å². The molecule has 0 saturated carbocycles. The number of ketones is 1. The Kier molecular flexibility index (Phi) is 5.17. The van der Waals surface area contributed by atoms with E-state index in [0.29, 0.717) is 30.3 Å². The van der Waals surface area contributed by atoms with Gasteiger partial charge in [0.2, 0.25) is 0 Å². The Morgan fingerprint density at radius 3 is 2.71 bits per heavy atom. The Hall–Kier alpha value is -3.05. The fraction of sp³-hybridized carbons (Fsp3) is 0.435. The Bertz CT molecular complexity index is 1330. The van der Waals surface area contributed by atoms with E-state index < -0.39 is 31.2 Å². The molecule has 2 N–H and O–H groups in total. The lowest BCUT2D eigenvalue weighted by molar-refractivity contribution is 0.0895. The van der Waals surface area contributed by atoms with Gasteiger partial charge in [-0.25, -0.2) is 17.8 Å². The summed E-state index contributed by atoms with van der Waals surface area (Å²) in [5, 5.41) is -1.12. The van der Waals surface area contributed by atoms with Gasteiger partial charge >= 0.3 is 0 Å². The molecule has 5 rings (SSSR count). The minimum atomic E-state index is -3.82. The van der Waals surface area contributed by atoms with Crippen LogP contribution in [0.4, 0.5) is 4.39 Å². The van der Waals surface area contributed by atoms with Crippen LogP contribution in [0, 0.1) is 5.82 Å². The van der Waals surface area contributed by atoms with E-state index in [1.807, 2.05) is 0 Å². The fourth-order valence-electron chi connectivity index (χ4n) is 4.65. The molecule has 34 heavy (non-hydrogen) atoms. The summed E-state index contributed by atoms with van der Waals surface area (Å²) in [6.45, 7) is 3.56. The molecular weight excluding hydrogens is 465 g/mol. The van der Waals surface area contributed by atoms with Gasteiger partial charge in [0.25, 0.3) is 0 Å². The summed E-state index contributed by atoms with van der Waals surface area (Å²) in [7, 11) is -3.82. The number of halogens is 1. The zero-order valence-electron chi connectivity index (χ0n) is 18.7. The molecule has 1 saturated heterocycles. The maximum atomic E-state index is 15.1. The predicted molar refractivity (Wildman–Crippen MR) is 121 cm³/mol. The van der Waals surface area contributed by atoms with E-state index in [1.54, 1.807) is 0 Å². The van der Waals surface area contributed by atoms with Crippen molar-refractivity contribution in [3.63, 3.8) is 0 Å². The van der Waals surface area contributed by atoms with Gasteiger partial charge in [-0.3, -0.25) is 9.79 Å². The molecule has 0 aliphatic carbocycles. The summed E-state index contributed by atoms with van der Waals surface area (Å²) in [5.74, 6) is -0.165. The van der Waals surface area contributed by atoms with Crippen molar-refractivity contribution in [2.24, 2.45) is 10.7 Å². The molecule has 9 nitrogen and oxygen atoms in total. The van der Waals surface area contributed by atoms with Crippen molar-refractivity contribution in [2.45, 2.75) is 35.8 Å². The fourth-order valence-corrected chi connectivity index (χ4v) is 6.92. The number of aromatic nitrogens is 1. The molecule has 3 atom stereocenters. The van der Waals surface area contributed by atoms with Gasteiger partial charge in [-0.05, 0) is 31.5 Å². The second-order valence-electron chi connectivity index (χ2n) is 9.05. The second-order valence-corrected chi connectivity index (χ2v) is 11.6. The topological polar surface area (TPSA) is 130 Å². The summed E-state index contributed by atoms with van der Waals surface area (Å²) in [4.78, 5) is 21.5. The van der Waals surface area contributed by atoms with Crippen molar-refractivity contribution >= 4 is 21.5 Å². The first-order valence-corrected chi connectivity index (χ1v) is 12.4. The number of hydrogen-bond donors (Lipinski definition) is 1. The van der Waals surface area contributed by atoms with E-state index in [-0.39, 0.29) is 42.5 Å². The lowest BCUT2D eigenvalue weighted by Crippen LogP contribution is -2.67. The zero-order valence-corrected chi connectivity index (χ0v) is 19.5. The van der Waals surface area contributed by atoms with Crippen molar-refractivity contribution in [3.05, 3.63) is 53.1 Å². The molecule has 0 spiro atoms. The van der Waals surface area contributed by atoms with Crippen molar-refractivity contribution in [2.75, 3.05) is 26.4 Å². The van der Waals surface area contributed by atoms with Gasteiger partial charge in [0.1, 0.15) is 46.1 Å². The number of ether oxygens (including phenoxy) is 3. The minimum Gasteiger partial charge on any atom is -0.486 e. The van der Waals surface area contributed by atoms with E-state index in [9.17, 15) is 13.2 Å². The van der Waals surface area contributed by atoms with E-state index in [1.165, 1.54) is 44.3 Å². The maximum absolute atomic E-state index is 15.1. The SMILES string of the molecule is C[C@]12COC[C@H]([C@@](C)(c3cc(CC(=O)c4cc5c(cn4)OCCO5)ccc3F)N=C1N)S2(=O)=O. The largest absolute Gasteiger partial charge is 0.486 e. The quantitative estimate of drug-likeness (QED) is 0.641. The number of pyridine rings is 1. The number of nitrogens with two attached hydrogens (primary N) is 1. The summed E-state index contributed by atoms with van der Waals surface area (Å²) in [6.07, 6.45) is 1.35. The van der Waals surface area contributed by atoms with Crippen molar-refractivity contribution in [3.8, 4) is 11.5 Å². The predicted octanol–water partition coefficient (Wildman–Crippen LogP) is 1.58. The first-order valence-electron chi connectivity index (χ1n) is 10.8. The van der Waals surface area contributed by atoms with Crippen LogP contribution < -0.4 is 15.2 Å². The van der Waals surface area contributed by atoms with Crippen LogP contribution in [0.25, 0.3) is 0 Å². The molecular formula is C23H24FN3O6S. The Balaban J connectivity index is 1.50. The minimum absolute atomic E-state index is 0.0389. The number of rotatable bonds is 4. The van der Waals surface area contributed by atoms with Crippen molar-refractivity contribution in [1.82, 2.24) is 4.98 Å². The molecule has 3 aliphatic rings. The molecule has 2 aromatic rings. The van der Waals surface area contributed by atoms with Crippen molar-refractivity contribution < 1.29 is 31.8 Å². The molecule has 1 fully saturated rings. The summed E-state index contributed by atoms with van der Waals surface area (Å²) < 4.78 is 56.8. The van der Waals surface area contributed by atoms with Gasteiger partial charge in [-0.1, -0.05) is 6.07 Å². The molecule has 2 bridgehead atoms. The molecule has 11 heteroatoms. The lowest BCUT2D eigenvalue weighted by atomic mass is 9.85. The van der Waals surface area contributed by atoms with Crippen LogP contribution in [0.2, 0.25) is 0 Å². The third-order valence-corrected chi connectivity index (χ3v) is 9.75. The highest BCUT2D eigenvalue weighted by atomic mass is 32.2. The standard InChI is InChI=1S/C23H24FN3O6S/c1-22-12-31-11-20(34(22,29)30)23(2,27-21(22)25)14-7-13(3-4-15(14)24)8-17(28)16-9-18-19(10-26-16)33-6-5-32-18/h3-4,7,9-10,20H,5-6,8,11-12H2,1-2H3,(H2,25,27)/t20-,22+,23-/m1/s1. The van der Waals surface area contributed by atoms with E-state index in [4.69, 9.17) is 19.9 Å². The number of nitrogens with zero attached hydrogens (tertiary/aromatic N) is 2. The zero-order chi connectivity index (χ0) is 24.3. The van der Waals surface area contributed by atoms with Crippen LogP contribution in [0.15, 0.2) is 35.5 Å². The number of benzene rings is 1. The summed E-state index contributed by atoms with van der Waals surface area (Å²) in [5.41, 5.74) is 5.28. The number of hydrogen-bond acceptors (Lipinski definition) is 9. The molecule has 0 amide bonds. The molecule has 4 heterocycles. The normalized spacial score (nSPS) is 29.3. The first-order chi connectivity index (χ1) is 16.1. The average molecular weight is 490 g/mol. The third-order valence-electron chi connectivity index (χ3n) is 6.83. The molecule has 1 aromatic carbocycles. The van der Waals surface area contributed by atoms with E-state index in [2.05, 4.69) is 9.98 Å². The van der Waals surface area contributed by atoms with E-state index in [0.717, 1.165) is 0 Å². The van der Waals surface area contributed by atoms with Gasteiger partial charge in [0.15, 0.2) is 27.1 Å². The van der Waals surface area contributed by atoms with Gasteiger partial charge < -0.3 is 19.9 Å². The van der Waals surface area contributed by atoms with Gasteiger partial charge in [-0.2, -0.15) is 0 Å². The highest BCUT2D eigenvalue weighted by molar-refractivity contribution is 7.94. The lowest BCUT2D eigenvalue weighted by Gasteiger charge is -2.48. The summed E-state index contributed by atoms with van der Waals surface area (Å²) in [6, 6.07) is 5.66. The number of Topliss-reactive ketones (excluding diaryl/α,β-unsaturated/α-hetero) is 1. The smallest absolute Gasteiger partial charge is 0.185 e. The number of sulfone groups is 1. The van der Waals surface area contributed by atoms with Crippen LogP contribution in [-0.4, -0.2) is 61.4 Å². The van der Waals surface area contributed by atoms with Crippen LogP contribution in [0.5, 0.6) is 11.5 Å². The molecule has 3 aliphatic heterocycles. The first kappa shape index (κ1) is 22.7. The highest BCUT2D eigenvalue weighted by Gasteiger charge is 2.61. The Morgan fingerprint density at radius 2 is 1.94 bits per heavy atom. The van der Waals surface area contributed by atoms with Gasteiger partial charge in [-0.15, -0.1) is 0 Å². The summed E-state index contributed by atoms with van der Waals surface area (Å²) >= 11 is 0. The van der Waals surface area contributed by atoms with Gasteiger partial charge in [0.05, 0.1) is 19.4 Å². The number of aliphatic imine (C=N–C) groups is 1. The average Bonchev–Trinajstić information content (AvgIpc) is 2.80. The monoisotopic (exact) mass is 489 g/mol.